The molecule has 0 bridgehead atoms. The van der Waals surface area contributed by atoms with Crippen molar-refractivity contribution in [1.82, 2.24) is 5.32 Å². The number of ether oxygens (including phenoxy) is 1. The van der Waals surface area contributed by atoms with E-state index in [2.05, 4.69) is 10.6 Å². The Bertz CT molecular complexity index is 1020. The Morgan fingerprint density at radius 3 is 2.56 bits per heavy atom. The van der Waals surface area contributed by atoms with Crippen molar-refractivity contribution < 1.29 is 18.7 Å². The van der Waals surface area contributed by atoms with Gasteiger partial charge in [-0.15, -0.1) is 0 Å². The number of carbonyl (C=O) groups is 2. The van der Waals surface area contributed by atoms with E-state index in [-0.39, 0.29) is 11.8 Å². The van der Waals surface area contributed by atoms with Crippen LogP contribution in [0.4, 0.5) is 5.69 Å². The van der Waals surface area contributed by atoms with Gasteiger partial charge in [-0.1, -0.05) is 6.07 Å². The van der Waals surface area contributed by atoms with E-state index >= 15 is 0 Å². The average molecular weight is 366 g/mol. The number of furan rings is 1. The topological polar surface area (TPSA) is 80.6 Å². The monoisotopic (exact) mass is 366 g/mol. The number of nitrogens with one attached hydrogen (secondary N) is 2. The predicted octanol–water partition coefficient (Wildman–Crippen LogP) is 4.06. The van der Waals surface area contributed by atoms with Gasteiger partial charge in [-0.2, -0.15) is 0 Å². The number of aryl methyl sites for hydroxylation is 2. The van der Waals surface area contributed by atoms with Gasteiger partial charge < -0.3 is 19.8 Å². The Kier molecular flexibility index (Phi) is 5.16. The molecule has 0 saturated heterocycles. The fourth-order valence-corrected chi connectivity index (χ4v) is 2.95. The summed E-state index contributed by atoms with van der Waals surface area (Å²) in [5.74, 6) is 0.693. The van der Waals surface area contributed by atoms with Crippen LogP contribution in [-0.4, -0.2) is 25.5 Å². The van der Waals surface area contributed by atoms with E-state index in [1.807, 2.05) is 19.9 Å². The largest absolute Gasteiger partial charge is 0.497 e. The lowest BCUT2D eigenvalue weighted by atomic mass is 10.1. The number of fused-ring (bicyclic) bond motifs is 1. The van der Waals surface area contributed by atoms with Crippen LogP contribution in [0.1, 0.15) is 39.0 Å². The molecule has 0 aliphatic rings. The first kappa shape index (κ1) is 18.5. The molecule has 1 aromatic heterocycles. The number of amides is 2. The molecule has 2 aromatic carbocycles. The van der Waals surface area contributed by atoms with Gasteiger partial charge in [0, 0.05) is 23.2 Å². The van der Waals surface area contributed by atoms with Gasteiger partial charge in [0.1, 0.15) is 17.1 Å². The van der Waals surface area contributed by atoms with Gasteiger partial charge in [0.05, 0.1) is 12.7 Å². The summed E-state index contributed by atoms with van der Waals surface area (Å²) < 4.78 is 11.0. The van der Waals surface area contributed by atoms with Gasteiger partial charge in [-0.25, -0.2) is 0 Å². The van der Waals surface area contributed by atoms with Crippen LogP contribution >= 0.6 is 0 Å². The minimum absolute atomic E-state index is 0.178. The molecule has 0 aliphatic carbocycles. The van der Waals surface area contributed by atoms with Gasteiger partial charge >= 0.3 is 0 Å². The van der Waals surface area contributed by atoms with E-state index < -0.39 is 0 Å². The van der Waals surface area contributed by atoms with Gasteiger partial charge in [-0.05, 0) is 56.7 Å². The number of benzene rings is 2. The maximum absolute atomic E-state index is 13.0. The summed E-state index contributed by atoms with van der Waals surface area (Å²) in [4.78, 5) is 25.0. The zero-order chi connectivity index (χ0) is 19.6. The number of anilines is 1. The number of methoxy groups -OCH3 is 1. The van der Waals surface area contributed by atoms with Crippen molar-refractivity contribution in [3.05, 3.63) is 58.8 Å². The summed E-state index contributed by atoms with van der Waals surface area (Å²) >= 11 is 0. The van der Waals surface area contributed by atoms with E-state index in [0.29, 0.717) is 45.8 Å². The lowest BCUT2D eigenvalue weighted by Gasteiger charge is -2.11. The molecule has 140 valence electrons. The molecular formula is C21H22N2O4. The minimum atomic E-state index is -0.296. The molecule has 0 aliphatic heterocycles. The van der Waals surface area contributed by atoms with Crippen molar-refractivity contribution in [3.8, 4) is 5.75 Å². The first-order valence-electron chi connectivity index (χ1n) is 8.72. The quantitative estimate of drug-likeness (QED) is 0.713. The number of hydrogen-bond acceptors (Lipinski definition) is 4. The second kappa shape index (κ2) is 7.53. The average Bonchev–Trinajstić information content (AvgIpc) is 2.98. The molecule has 0 spiro atoms. The predicted molar refractivity (Wildman–Crippen MR) is 105 cm³/mol. The highest BCUT2D eigenvalue weighted by Crippen LogP contribution is 2.30. The van der Waals surface area contributed by atoms with Crippen LogP contribution < -0.4 is 15.4 Å². The zero-order valence-corrected chi connectivity index (χ0v) is 15.8. The van der Waals surface area contributed by atoms with E-state index in [1.165, 1.54) is 0 Å². The Labute approximate surface area is 157 Å². The third-order valence-electron chi connectivity index (χ3n) is 4.38. The second-order valence-corrected chi connectivity index (χ2v) is 6.24. The van der Waals surface area contributed by atoms with Crippen molar-refractivity contribution in [2.24, 2.45) is 0 Å². The molecule has 2 amide bonds. The van der Waals surface area contributed by atoms with Gasteiger partial charge in [0.25, 0.3) is 11.8 Å². The van der Waals surface area contributed by atoms with Crippen molar-refractivity contribution in [1.29, 1.82) is 0 Å². The van der Waals surface area contributed by atoms with Crippen LogP contribution in [0, 0.1) is 13.8 Å². The first-order valence-corrected chi connectivity index (χ1v) is 8.72. The molecule has 0 fully saturated rings. The standard InChI is InChI=1S/C21H22N2O4/c1-5-22-20(24)14-7-6-12(2)17(10-14)23-21(25)19-13(3)27-18-9-8-15(26-4)11-16(18)19/h6-11H,5H2,1-4H3,(H,22,24)(H,23,25). The molecule has 1 heterocycles. The first-order chi connectivity index (χ1) is 12.9. The van der Waals surface area contributed by atoms with Crippen molar-refractivity contribution in [2.45, 2.75) is 20.8 Å². The Balaban J connectivity index is 1.96. The summed E-state index contributed by atoms with van der Waals surface area (Å²) in [6.45, 7) is 6.02. The molecule has 3 aromatic rings. The van der Waals surface area contributed by atoms with Crippen LogP contribution in [0.3, 0.4) is 0 Å². The molecule has 6 heteroatoms. The van der Waals surface area contributed by atoms with Crippen LogP contribution in [0.15, 0.2) is 40.8 Å². The third kappa shape index (κ3) is 3.65. The summed E-state index contributed by atoms with van der Waals surface area (Å²) in [5.41, 5.74) is 3.01. The van der Waals surface area contributed by atoms with Gasteiger partial charge in [0.15, 0.2) is 0 Å². The molecule has 0 atom stereocenters. The summed E-state index contributed by atoms with van der Waals surface area (Å²) in [6, 6.07) is 10.6. The van der Waals surface area contributed by atoms with E-state index in [0.717, 1.165) is 5.56 Å². The number of hydrogen-bond donors (Lipinski definition) is 2. The molecular weight excluding hydrogens is 344 g/mol. The molecule has 27 heavy (non-hydrogen) atoms. The maximum atomic E-state index is 13.0. The zero-order valence-electron chi connectivity index (χ0n) is 15.8. The number of rotatable bonds is 5. The van der Waals surface area contributed by atoms with Crippen LogP contribution in [0.2, 0.25) is 0 Å². The van der Waals surface area contributed by atoms with E-state index in [4.69, 9.17) is 9.15 Å². The highest BCUT2D eigenvalue weighted by Gasteiger charge is 2.20. The summed E-state index contributed by atoms with van der Waals surface area (Å²) in [5, 5.41) is 6.34. The third-order valence-corrected chi connectivity index (χ3v) is 4.38. The van der Waals surface area contributed by atoms with Gasteiger partial charge in [0.2, 0.25) is 0 Å². The summed E-state index contributed by atoms with van der Waals surface area (Å²) in [7, 11) is 1.57. The molecule has 0 radical (unpaired) electrons. The van der Waals surface area contributed by atoms with Crippen LogP contribution in [0.5, 0.6) is 5.75 Å². The fourth-order valence-electron chi connectivity index (χ4n) is 2.95. The molecule has 0 unspecified atom stereocenters. The van der Waals surface area contributed by atoms with Crippen molar-refractivity contribution >= 4 is 28.5 Å². The SMILES string of the molecule is CCNC(=O)c1ccc(C)c(NC(=O)c2c(C)oc3ccc(OC)cc23)c1. The van der Waals surface area contributed by atoms with E-state index in [1.54, 1.807) is 44.4 Å². The van der Waals surface area contributed by atoms with Crippen molar-refractivity contribution in [3.63, 3.8) is 0 Å². The Hall–Kier alpha value is -3.28. The Morgan fingerprint density at radius 1 is 1.07 bits per heavy atom. The Morgan fingerprint density at radius 2 is 1.85 bits per heavy atom. The smallest absolute Gasteiger partial charge is 0.259 e. The number of carbonyl (C=O) groups excluding carboxylic acids is 2. The lowest BCUT2D eigenvalue weighted by Crippen LogP contribution is -2.23. The maximum Gasteiger partial charge on any atom is 0.259 e. The van der Waals surface area contributed by atoms with Crippen LogP contribution in [0.25, 0.3) is 11.0 Å². The highest BCUT2D eigenvalue weighted by atomic mass is 16.5. The van der Waals surface area contributed by atoms with E-state index in [9.17, 15) is 9.59 Å². The molecule has 3 rings (SSSR count). The van der Waals surface area contributed by atoms with Crippen molar-refractivity contribution in [2.75, 3.05) is 19.0 Å². The highest BCUT2D eigenvalue weighted by molar-refractivity contribution is 6.14. The fraction of sp³-hybridized carbons (Fsp3) is 0.238. The second-order valence-electron chi connectivity index (χ2n) is 6.24. The van der Waals surface area contributed by atoms with Gasteiger partial charge in [-0.3, -0.25) is 9.59 Å². The molecule has 0 saturated carbocycles. The minimum Gasteiger partial charge on any atom is -0.497 e. The summed E-state index contributed by atoms with van der Waals surface area (Å²) in [6.07, 6.45) is 0. The molecule has 6 nitrogen and oxygen atoms in total. The normalized spacial score (nSPS) is 10.7. The molecule has 2 N–H and O–H groups in total. The lowest BCUT2D eigenvalue weighted by molar-refractivity contribution is 0.0954. The van der Waals surface area contributed by atoms with Crippen LogP contribution in [-0.2, 0) is 0 Å².